The molecular formula is C102H72BClN8O2. The van der Waals surface area contributed by atoms with Crippen LogP contribution < -0.4 is 5.46 Å². The number of halogens is 1. The molecule has 542 valence electrons. The van der Waals surface area contributed by atoms with Crippen LogP contribution in [0.25, 0.3) is 187 Å². The van der Waals surface area contributed by atoms with Gasteiger partial charge in [-0.1, -0.05) is 267 Å². The largest absolute Gasteiger partial charge is 0.494 e. The minimum Gasteiger partial charge on any atom is -0.399 e. The topological polar surface area (TPSA) is 89.7 Å². The molecule has 23 rings (SSSR count). The smallest absolute Gasteiger partial charge is 0.399 e. The lowest BCUT2D eigenvalue weighted by molar-refractivity contribution is 0.00578. The van der Waals surface area contributed by atoms with Gasteiger partial charge in [-0.25, -0.2) is 19.9 Å². The SMILES string of the molecule is CC1(C)OB(c2cc(-n3c4ccccc4c4ccccc43)cc(-n3c4ccccc4c4ccccc43)c2)OC1(C)C.Clc1nc(-c2ccccc2)c2ccc3ccccc3c2n1.c1ccc(-c2nc(-c3cc(-n4c5ccccc5c5ccccc54)cc(-n4c5ccccc5c5ccccc54)c3)nc3c2ccc2ccccc23)cc1. The third-order valence-corrected chi connectivity index (χ3v) is 23.4. The van der Waals surface area contributed by atoms with Gasteiger partial charge < -0.3 is 27.6 Å². The Balaban J connectivity index is 0.000000117. The molecule has 0 amide bonds. The summed E-state index contributed by atoms with van der Waals surface area (Å²) < 4.78 is 22.7. The van der Waals surface area contributed by atoms with Crippen molar-refractivity contribution in [2.45, 2.75) is 38.9 Å². The van der Waals surface area contributed by atoms with Crippen molar-refractivity contribution in [2.75, 3.05) is 0 Å². The van der Waals surface area contributed by atoms with Crippen LogP contribution in [0.2, 0.25) is 5.28 Å². The average Bonchev–Trinajstić information content (AvgIpc) is 1.52. The summed E-state index contributed by atoms with van der Waals surface area (Å²) in [5, 5.41) is 16.7. The summed E-state index contributed by atoms with van der Waals surface area (Å²) in [5.74, 6) is 0.687. The van der Waals surface area contributed by atoms with Gasteiger partial charge in [0.1, 0.15) is 0 Å². The molecule has 10 nitrogen and oxygen atoms in total. The van der Waals surface area contributed by atoms with E-state index >= 15 is 0 Å². The van der Waals surface area contributed by atoms with Gasteiger partial charge in [-0.2, -0.15) is 0 Å². The van der Waals surface area contributed by atoms with Gasteiger partial charge in [0.15, 0.2) is 5.82 Å². The molecule has 0 unspecified atom stereocenters. The number of aromatic nitrogens is 8. The van der Waals surface area contributed by atoms with Crippen LogP contribution in [0.5, 0.6) is 0 Å². The van der Waals surface area contributed by atoms with E-state index in [0.29, 0.717) is 5.82 Å². The lowest BCUT2D eigenvalue weighted by atomic mass is 9.78. The summed E-state index contributed by atoms with van der Waals surface area (Å²) in [6.07, 6.45) is 0. The molecule has 0 atom stereocenters. The minimum atomic E-state index is -0.486. The first kappa shape index (κ1) is 68.2. The van der Waals surface area contributed by atoms with E-state index in [2.05, 4.69) is 377 Å². The fourth-order valence-electron chi connectivity index (χ4n) is 17.2. The van der Waals surface area contributed by atoms with Crippen LogP contribution in [-0.4, -0.2) is 56.5 Å². The first-order chi connectivity index (χ1) is 55.9. The van der Waals surface area contributed by atoms with Gasteiger partial charge in [-0.3, -0.25) is 0 Å². The fourth-order valence-corrected chi connectivity index (χ4v) is 17.4. The Morgan fingerprint density at radius 1 is 0.254 bits per heavy atom. The third-order valence-electron chi connectivity index (χ3n) is 23.2. The fraction of sp³-hybridized carbons (Fsp3) is 0.0588. The van der Waals surface area contributed by atoms with E-state index in [0.717, 1.165) is 122 Å². The summed E-state index contributed by atoms with van der Waals surface area (Å²) >= 11 is 6.15. The molecule has 1 fully saturated rings. The maximum Gasteiger partial charge on any atom is 0.494 e. The third kappa shape index (κ3) is 11.4. The number of para-hydroxylation sites is 8. The molecule has 12 heteroatoms. The van der Waals surface area contributed by atoms with Gasteiger partial charge in [0.05, 0.1) is 77.8 Å². The van der Waals surface area contributed by atoms with Crippen molar-refractivity contribution < 1.29 is 9.31 Å². The van der Waals surface area contributed by atoms with Gasteiger partial charge >= 0.3 is 7.12 Å². The van der Waals surface area contributed by atoms with Gasteiger partial charge in [0.2, 0.25) is 5.28 Å². The maximum absolute atomic E-state index is 6.60. The van der Waals surface area contributed by atoms with Crippen molar-refractivity contribution >= 4 is 155 Å². The zero-order valence-electron chi connectivity index (χ0n) is 63.0. The molecule has 22 aromatic rings. The monoisotopic (exact) mass is 1490 g/mol. The van der Waals surface area contributed by atoms with E-state index in [9.17, 15) is 0 Å². The van der Waals surface area contributed by atoms with Gasteiger partial charge in [0, 0.05) is 104 Å². The number of nitrogens with zero attached hydrogens (tertiary/aromatic N) is 8. The zero-order chi connectivity index (χ0) is 76.3. The standard InChI is InChI=1S/C48H30N4.C36H31BN2O2.C18H11ClN2/c1-2-15-32(16-3-1)46-41-27-26-31-14-4-5-17-36(31)47(41)50-48(49-46)33-28-34(51-42-22-10-6-18-37(42)38-19-7-11-23-43(38)51)30-35(29-33)52-44-24-12-8-20-39(44)40-21-9-13-25-45(40)52;1-35(2)36(3,4)41-37(40-35)24-21-25(38-31-17-9-5-13-27(31)28-14-6-10-18-32(28)38)23-26(22-24)39-33-19-11-7-15-29(33)30-16-8-12-20-34(30)39;19-18-20-16(13-7-2-1-3-8-13)15-11-10-12-6-4-5-9-14(12)17(15)21-18/h1-30H;5-23H,1-4H3;1-11H. The number of benzene rings is 16. The average molecular weight is 1490 g/mol. The molecule has 1 aliphatic heterocycles. The predicted molar refractivity (Wildman–Crippen MR) is 475 cm³/mol. The molecule has 1 aliphatic rings. The van der Waals surface area contributed by atoms with Crippen LogP contribution in [0, 0.1) is 0 Å². The van der Waals surface area contributed by atoms with Crippen molar-refractivity contribution in [1.29, 1.82) is 0 Å². The quantitative estimate of drug-likeness (QED) is 0.0855. The van der Waals surface area contributed by atoms with Crippen molar-refractivity contribution in [1.82, 2.24) is 38.2 Å². The van der Waals surface area contributed by atoms with Crippen molar-refractivity contribution in [3.8, 4) is 56.7 Å². The molecule has 1 saturated heterocycles. The number of hydrogen-bond acceptors (Lipinski definition) is 6. The summed E-state index contributed by atoms with van der Waals surface area (Å²) in [6, 6.07) is 129. The second-order valence-electron chi connectivity index (χ2n) is 30.4. The molecule has 0 saturated carbocycles. The Morgan fingerprint density at radius 2 is 0.535 bits per heavy atom. The second-order valence-corrected chi connectivity index (χ2v) is 30.8. The maximum atomic E-state index is 6.60. The van der Waals surface area contributed by atoms with Crippen molar-refractivity contribution in [3.63, 3.8) is 0 Å². The summed E-state index contributed by atoms with van der Waals surface area (Å²) in [6.45, 7) is 8.44. The summed E-state index contributed by atoms with van der Waals surface area (Å²) in [7, 11) is -0.486. The lowest BCUT2D eigenvalue weighted by Crippen LogP contribution is -2.41. The van der Waals surface area contributed by atoms with Crippen LogP contribution in [0.3, 0.4) is 0 Å². The molecule has 0 N–H and O–H groups in total. The highest BCUT2D eigenvalue weighted by molar-refractivity contribution is 6.62. The highest BCUT2D eigenvalue weighted by atomic mass is 35.5. The Kier molecular flexibility index (Phi) is 16.3. The van der Waals surface area contributed by atoms with E-state index < -0.39 is 18.3 Å². The first-order valence-corrected chi connectivity index (χ1v) is 39.1. The molecule has 0 radical (unpaired) electrons. The normalized spacial score (nSPS) is 13.4. The zero-order valence-corrected chi connectivity index (χ0v) is 63.7. The highest BCUT2D eigenvalue weighted by Crippen LogP contribution is 2.43. The molecule has 114 heavy (non-hydrogen) atoms. The minimum absolute atomic E-state index is 0.276. The molecule has 0 spiro atoms. The molecular weight excluding hydrogens is 1420 g/mol. The van der Waals surface area contributed by atoms with Crippen molar-refractivity contribution in [2.24, 2.45) is 0 Å². The number of rotatable bonds is 8. The molecule has 0 bridgehead atoms. The summed E-state index contributed by atoms with van der Waals surface area (Å²) in [5.41, 5.74) is 20.4. The van der Waals surface area contributed by atoms with Crippen LogP contribution >= 0.6 is 11.6 Å². The summed E-state index contributed by atoms with van der Waals surface area (Å²) in [4.78, 5) is 19.7. The molecule has 0 aliphatic carbocycles. The molecule has 7 heterocycles. The molecule has 16 aromatic carbocycles. The Morgan fingerprint density at radius 3 is 0.877 bits per heavy atom. The van der Waals surface area contributed by atoms with E-state index in [1.54, 1.807) is 0 Å². The van der Waals surface area contributed by atoms with Crippen molar-refractivity contribution in [3.05, 3.63) is 369 Å². The Hall–Kier alpha value is -13.8. The number of hydrogen-bond donors (Lipinski definition) is 0. The number of fused-ring (bicyclic) bond motifs is 18. The van der Waals surface area contributed by atoms with Gasteiger partial charge in [-0.15, -0.1) is 0 Å². The van der Waals surface area contributed by atoms with E-state index in [1.165, 1.54) is 65.2 Å². The van der Waals surface area contributed by atoms with Crippen LogP contribution in [0.1, 0.15) is 27.7 Å². The van der Waals surface area contributed by atoms with E-state index in [4.69, 9.17) is 30.9 Å². The lowest BCUT2D eigenvalue weighted by Gasteiger charge is -2.32. The van der Waals surface area contributed by atoms with Crippen LogP contribution in [0.4, 0.5) is 0 Å². The van der Waals surface area contributed by atoms with Crippen LogP contribution in [-0.2, 0) is 9.31 Å². The van der Waals surface area contributed by atoms with Crippen LogP contribution in [0.15, 0.2) is 364 Å². The highest BCUT2D eigenvalue weighted by Gasteiger charge is 2.52. The van der Waals surface area contributed by atoms with E-state index in [1.807, 2.05) is 42.5 Å². The van der Waals surface area contributed by atoms with E-state index in [-0.39, 0.29) is 5.28 Å². The van der Waals surface area contributed by atoms with Gasteiger partial charge in [0.25, 0.3) is 0 Å². The second kappa shape index (κ2) is 27.3. The predicted octanol–water partition coefficient (Wildman–Crippen LogP) is 25.6. The van der Waals surface area contributed by atoms with Gasteiger partial charge in [-0.05, 0) is 153 Å². The molecule has 6 aromatic heterocycles. The first-order valence-electron chi connectivity index (χ1n) is 38.7. The Labute approximate surface area is 662 Å². The Bertz CT molecular complexity index is 7120.